The summed E-state index contributed by atoms with van der Waals surface area (Å²) in [6.45, 7) is 2.36. The van der Waals surface area contributed by atoms with E-state index >= 15 is 0 Å². The molecule has 4 heteroatoms. The third-order valence-corrected chi connectivity index (χ3v) is 3.65. The van der Waals surface area contributed by atoms with Gasteiger partial charge in [-0.1, -0.05) is 0 Å². The molecule has 0 radical (unpaired) electrons. The Morgan fingerprint density at radius 1 is 1.07 bits per heavy atom. The fourth-order valence-corrected chi connectivity index (χ4v) is 2.37. The number of nitrogens with one attached hydrogen (secondary N) is 1. The minimum Gasteiger partial charge on any atom is -0.328 e. The Morgan fingerprint density at radius 2 is 1.64 bits per heavy atom. The average molecular weight is 220 g/mol. The molecule has 2 aliphatic rings. The summed E-state index contributed by atoms with van der Waals surface area (Å²) in [5.41, 5.74) is 5.89. The van der Waals surface area contributed by atoms with E-state index in [0.717, 1.165) is 12.1 Å². The van der Waals surface area contributed by atoms with Gasteiger partial charge < -0.3 is 11.1 Å². The SMILES string of the molecule is CN(C1CCC(N)CC1)C1CNC1.Cl. The summed E-state index contributed by atoms with van der Waals surface area (Å²) < 4.78 is 0. The summed E-state index contributed by atoms with van der Waals surface area (Å²) in [6, 6.07) is 2.07. The zero-order valence-corrected chi connectivity index (χ0v) is 9.72. The number of nitrogens with zero attached hydrogens (tertiary/aromatic N) is 1. The lowest BCUT2D eigenvalue weighted by atomic mass is 9.90. The van der Waals surface area contributed by atoms with Crippen molar-refractivity contribution in [2.75, 3.05) is 20.1 Å². The van der Waals surface area contributed by atoms with Gasteiger partial charge in [0.25, 0.3) is 0 Å². The van der Waals surface area contributed by atoms with Crippen molar-refractivity contribution >= 4 is 12.4 Å². The molecule has 14 heavy (non-hydrogen) atoms. The van der Waals surface area contributed by atoms with Crippen LogP contribution in [0.5, 0.6) is 0 Å². The second kappa shape index (κ2) is 5.31. The molecule has 0 aromatic heterocycles. The van der Waals surface area contributed by atoms with Gasteiger partial charge in [-0.2, -0.15) is 0 Å². The van der Waals surface area contributed by atoms with Crippen LogP contribution in [0.3, 0.4) is 0 Å². The summed E-state index contributed by atoms with van der Waals surface area (Å²) in [6.07, 6.45) is 5.03. The Hall–Kier alpha value is 0.170. The van der Waals surface area contributed by atoms with E-state index in [1.165, 1.54) is 38.8 Å². The maximum atomic E-state index is 5.89. The molecule has 0 aromatic rings. The second-order valence-electron chi connectivity index (χ2n) is 4.55. The van der Waals surface area contributed by atoms with Crippen molar-refractivity contribution in [3.63, 3.8) is 0 Å². The topological polar surface area (TPSA) is 41.3 Å². The molecule has 3 nitrogen and oxygen atoms in total. The summed E-state index contributed by atoms with van der Waals surface area (Å²) >= 11 is 0. The van der Waals surface area contributed by atoms with Crippen molar-refractivity contribution in [2.45, 2.75) is 43.8 Å². The van der Waals surface area contributed by atoms with Crippen molar-refractivity contribution in [2.24, 2.45) is 5.73 Å². The highest BCUT2D eigenvalue weighted by atomic mass is 35.5. The van der Waals surface area contributed by atoms with E-state index in [4.69, 9.17) is 5.73 Å². The predicted molar refractivity (Wildman–Crippen MR) is 61.9 cm³/mol. The number of likely N-dealkylation sites (N-methyl/N-ethyl adjacent to an activating group) is 1. The van der Waals surface area contributed by atoms with Gasteiger partial charge in [-0.15, -0.1) is 12.4 Å². The first-order valence-corrected chi connectivity index (χ1v) is 5.45. The molecule has 1 heterocycles. The maximum absolute atomic E-state index is 5.89. The van der Waals surface area contributed by atoms with Crippen LogP contribution in [0.2, 0.25) is 0 Å². The molecule has 3 N–H and O–H groups in total. The van der Waals surface area contributed by atoms with Crippen LogP contribution in [-0.4, -0.2) is 43.2 Å². The molecule has 2 fully saturated rings. The third-order valence-electron chi connectivity index (χ3n) is 3.65. The summed E-state index contributed by atoms with van der Waals surface area (Å²) in [7, 11) is 2.27. The van der Waals surface area contributed by atoms with E-state index in [9.17, 15) is 0 Å². The predicted octanol–water partition coefficient (Wildman–Crippen LogP) is 0.582. The molecule has 0 bridgehead atoms. The molecule has 1 saturated heterocycles. The highest BCUT2D eigenvalue weighted by Crippen LogP contribution is 2.23. The number of nitrogens with two attached hydrogens (primary N) is 1. The number of hydrogen-bond donors (Lipinski definition) is 2. The van der Waals surface area contributed by atoms with Crippen molar-refractivity contribution < 1.29 is 0 Å². The lowest BCUT2D eigenvalue weighted by Gasteiger charge is -2.42. The largest absolute Gasteiger partial charge is 0.328 e. The zero-order chi connectivity index (χ0) is 9.26. The fraction of sp³-hybridized carbons (Fsp3) is 1.00. The fourth-order valence-electron chi connectivity index (χ4n) is 2.37. The van der Waals surface area contributed by atoms with E-state index < -0.39 is 0 Å². The van der Waals surface area contributed by atoms with Crippen LogP contribution in [0, 0.1) is 0 Å². The average Bonchev–Trinajstić information content (AvgIpc) is 2.02. The lowest BCUT2D eigenvalue weighted by Crippen LogP contribution is -2.59. The van der Waals surface area contributed by atoms with Gasteiger partial charge in [0.2, 0.25) is 0 Å². The number of rotatable bonds is 2. The zero-order valence-electron chi connectivity index (χ0n) is 8.91. The van der Waals surface area contributed by atoms with Crippen molar-refractivity contribution in [3.8, 4) is 0 Å². The molecule has 1 saturated carbocycles. The van der Waals surface area contributed by atoms with E-state index in [-0.39, 0.29) is 12.4 Å². The molecular formula is C10H22ClN3. The van der Waals surface area contributed by atoms with Gasteiger partial charge in [0, 0.05) is 31.2 Å². The Balaban J connectivity index is 0.000000980. The van der Waals surface area contributed by atoms with Crippen LogP contribution in [-0.2, 0) is 0 Å². The third kappa shape index (κ3) is 2.60. The van der Waals surface area contributed by atoms with Gasteiger partial charge in [0.05, 0.1) is 0 Å². The van der Waals surface area contributed by atoms with Crippen molar-refractivity contribution in [1.29, 1.82) is 0 Å². The molecule has 0 aromatic carbocycles. The normalized spacial score (nSPS) is 33.6. The highest BCUT2D eigenvalue weighted by Gasteiger charge is 2.29. The van der Waals surface area contributed by atoms with Gasteiger partial charge in [-0.25, -0.2) is 0 Å². The van der Waals surface area contributed by atoms with Gasteiger partial charge in [0.15, 0.2) is 0 Å². The smallest absolute Gasteiger partial charge is 0.0345 e. The summed E-state index contributed by atoms with van der Waals surface area (Å²) in [4.78, 5) is 2.56. The molecule has 84 valence electrons. The molecule has 2 rings (SSSR count). The standard InChI is InChI=1S/C10H21N3.ClH/c1-13(10-6-12-7-10)9-4-2-8(11)3-5-9;/h8-10,12H,2-7,11H2,1H3;1H. The molecule has 0 atom stereocenters. The molecule has 0 amide bonds. The first-order valence-electron chi connectivity index (χ1n) is 5.45. The molecule has 0 unspecified atom stereocenters. The highest BCUT2D eigenvalue weighted by molar-refractivity contribution is 5.85. The van der Waals surface area contributed by atoms with Crippen LogP contribution < -0.4 is 11.1 Å². The lowest BCUT2D eigenvalue weighted by molar-refractivity contribution is 0.0987. The Bertz CT molecular complexity index is 165. The summed E-state index contributed by atoms with van der Waals surface area (Å²) in [5.74, 6) is 0. The van der Waals surface area contributed by atoms with Crippen molar-refractivity contribution in [3.05, 3.63) is 0 Å². The minimum atomic E-state index is 0. The van der Waals surface area contributed by atoms with E-state index in [1.54, 1.807) is 0 Å². The van der Waals surface area contributed by atoms with Gasteiger partial charge in [-0.3, -0.25) is 4.90 Å². The van der Waals surface area contributed by atoms with Crippen LogP contribution in [0.1, 0.15) is 25.7 Å². The van der Waals surface area contributed by atoms with Crippen molar-refractivity contribution in [1.82, 2.24) is 10.2 Å². The Labute approximate surface area is 92.8 Å². The molecule has 1 aliphatic carbocycles. The van der Waals surface area contributed by atoms with Crippen LogP contribution in [0.25, 0.3) is 0 Å². The first-order chi connectivity index (χ1) is 6.27. The number of halogens is 1. The maximum Gasteiger partial charge on any atom is 0.0345 e. The minimum absolute atomic E-state index is 0. The van der Waals surface area contributed by atoms with E-state index in [1.807, 2.05) is 0 Å². The van der Waals surface area contributed by atoms with E-state index in [0.29, 0.717) is 6.04 Å². The quantitative estimate of drug-likeness (QED) is 0.714. The summed E-state index contributed by atoms with van der Waals surface area (Å²) in [5, 5.41) is 3.32. The second-order valence-corrected chi connectivity index (χ2v) is 4.55. The monoisotopic (exact) mass is 219 g/mol. The molecule has 0 spiro atoms. The number of hydrogen-bond acceptors (Lipinski definition) is 3. The van der Waals surface area contributed by atoms with Gasteiger partial charge >= 0.3 is 0 Å². The molecule has 1 aliphatic heterocycles. The van der Waals surface area contributed by atoms with Crippen LogP contribution >= 0.6 is 12.4 Å². The molecular weight excluding hydrogens is 198 g/mol. The van der Waals surface area contributed by atoms with Crippen LogP contribution in [0.15, 0.2) is 0 Å². The Morgan fingerprint density at radius 3 is 2.07 bits per heavy atom. The van der Waals surface area contributed by atoms with Gasteiger partial charge in [0.1, 0.15) is 0 Å². The first kappa shape index (κ1) is 12.2. The Kier molecular flexibility index (Phi) is 4.64. The van der Waals surface area contributed by atoms with E-state index in [2.05, 4.69) is 17.3 Å². The van der Waals surface area contributed by atoms with Crippen LogP contribution in [0.4, 0.5) is 0 Å². The van der Waals surface area contributed by atoms with Gasteiger partial charge in [-0.05, 0) is 32.7 Å².